The second kappa shape index (κ2) is 9.87. The van der Waals surface area contributed by atoms with Crippen molar-refractivity contribution >= 4 is 18.2 Å². The lowest BCUT2D eigenvalue weighted by Gasteiger charge is -2.43. The molecule has 0 unspecified atom stereocenters. The Labute approximate surface area is 147 Å². The van der Waals surface area contributed by atoms with Gasteiger partial charge >= 0.3 is 18.2 Å². The Morgan fingerprint density at radius 3 is 1.88 bits per heavy atom. The molecule has 2 amide bonds. The molecule has 9 heteroatoms. The fourth-order valence-corrected chi connectivity index (χ4v) is 2.36. The van der Waals surface area contributed by atoms with Crippen LogP contribution in [0.1, 0.15) is 34.6 Å². The third-order valence-corrected chi connectivity index (χ3v) is 3.29. The molecule has 0 aromatic heterocycles. The molecule has 0 N–H and O–H groups in total. The minimum Gasteiger partial charge on any atom is -0.464 e. The summed E-state index contributed by atoms with van der Waals surface area (Å²) in [6.07, 6.45) is -1.07. The van der Waals surface area contributed by atoms with Crippen LogP contribution in [0.15, 0.2) is 11.6 Å². The van der Waals surface area contributed by atoms with Gasteiger partial charge in [-0.15, -0.1) is 0 Å². The summed E-state index contributed by atoms with van der Waals surface area (Å²) in [4.78, 5) is 37.2. The van der Waals surface area contributed by atoms with E-state index in [0.29, 0.717) is 5.57 Å². The van der Waals surface area contributed by atoms with Gasteiger partial charge in [-0.3, -0.25) is 0 Å². The number of amides is 2. The Morgan fingerprint density at radius 2 is 1.40 bits per heavy atom. The predicted octanol–water partition coefficient (Wildman–Crippen LogP) is 2.07. The Hall–Kier alpha value is -2.29. The van der Waals surface area contributed by atoms with Crippen LogP contribution in [0.2, 0.25) is 0 Å². The van der Waals surface area contributed by atoms with Gasteiger partial charge in [0.1, 0.15) is 0 Å². The molecule has 0 bridgehead atoms. The monoisotopic (exact) mass is 358 g/mol. The molecule has 0 aromatic rings. The summed E-state index contributed by atoms with van der Waals surface area (Å²) >= 11 is 0. The van der Waals surface area contributed by atoms with Gasteiger partial charge in [-0.05, 0) is 46.3 Å². The summed E-state index contributed by atoms with van der Waals surface area (Å²) in [5.74, 6) is -0.681. The summed E-state index contributed by atoms with van der Waals surface area (Å²) in [5.41, 5.74) is 0.577. The highest BCUT2D eigenvalue weighted by atomic mass is 16.6. The molecule has 0 spiro atoms. The molecule has 0 aliphatic carbocycles. The van der Waals surface area contributed by atoms with Gasteiger partial charge in [-0.2, -0.15) is 10.0 Å². The molecular weight excluding hydrogens is 332 g/mol. The zero-order chi connectivity index (χ0) is 19.0. The standard InChI is InChI=1S/C16H26N2O7/c1-6-22-13-11(5)10-12(14(19)23-7-2)17(15(20)24-8-3)18(13)16(21)25-9-4/h10,12-13H,6-9H2,1-5H3/t12-,13-/m0/s1. The van der Waals surface area contributed by atoms with Gasteiger partial charge in [0.05, 0.1) is 19.8 Å². The largest absolute Gasteiger partial charge is 0.464 e. The van der Waals surface area contributed by atoms with Crippen molar-refractivity contribution in [2.45, 2.75) is 46.9 Å². The second-order valence-electron chi connectivity index (χ2n) is 5.00. The average molecular weight is 358 g/mol. The first-order chi connectivity index (χ1) is 11.9. The summed E-state index contributed by atoms with van der Waals surface area (Å²) < 4.78 is 20.6. The molecular formula is C16H26N2O7. The minimum atomic E-state index is -1.15. The van der Waals surface area contributed by atoms with Crippen LogP contribution in [-0.4, -0.2) is 66.9 Å². The zero-order valence-corrected chi connectivity index (χ0v) is 15.3. The highest BCUT2D eigenvalue weighted by molar-refractivity contribution is 5.86. The van der Waals surface area contributed by atoms with Crippen LogP contribution < -0.4 is 0 Å². The average Bonchev–Trinajstić information content (AvgIpc) is 2.56. The van der Waals surface area contributed by atoms with Crippen molar-refractivity contribution in [3.63, 3.8) is 0 Å². The molecule has 1 aliphatic rings. The van der Waals surface area contributed by atoms with Crippen LogP contribution in [-0.2, 0) is 23.7 Å². The lowest BCUT2D eigenvalue weighted by Crippen LogP contribution is -2.63. The van der Waals surface area contributed by atoms with E-state index < -0.39 is 30.4 Å². The van der Waals surface area contributed by atoms with Gasteiger partial charge in [0.15, 0.2) is 12.3 Å². The van der Waals surface area contributed by atoms with Crippen LogP contribution in [0.4, 0.5) is 9.59 Å². The van der Waals surface area contributed by atoms with E-state index in [9.17, 15) is 14.4 Å². The lowest BCUT2D eigenvalue weighted by atomic mass is 10.1. The molecule has 25 heavy (non-hydrogen) atoms. The Kier molecular flexibility index (Phi) is 8.20. The smallest absolute Gasteiger partial charge is 0.431 e. The maximum Gasteiger partial charge on any atom is 0.431 e. The Bertz CT molecular complexity index is 521. The first-order valence-corrected chi connectivity index (χ1v) is 8.31. The normalized spacial score (nSPS) is 20.0. The van der Waals surface area contributed by atoms with E-state index in [4.69, 9.17) is 18.9 Å². The molecule has 0 saturated carbocycles. The molecule has 0 saturated heterocycles. The third kappa shape index (κ3) is 4.85. The number of nitrogens with zero attached hydrogens (tertiary/aromatic N) is 2. The van der Waals surface area contributed by atoms with E-state index >= 15 is 0 Å². The number of hydrazine groups is 1. The van der Waals surface area contributed by atoms with Crippen LogP contribution in [0.25, 0.3) is 0 Å². The van der Waals surface area contributed by atoms with Gasteiger partial charge in [0, 0.05) is 6.61 Å². The summed E-state index contributed by atoms with van der Waals surface area (Å²) in [5, 5.41) is 1.84. The third-order valence-electron chi connectivity index (χ3n) is 3.29. The van der Waals surface area contributed by atoms with Gasteiger partial charge in [0.2, 0.25) is 0 Å². The van der Waals surface area contributed by atoms with Crippen molar-refractivity contribution in [2.24, 2.45) is 0 Å². The number of ether oxygens (including phenoxy) is 4. The maximum absolute atomic E-state index is 12.5. The van der Waals surface area contributed by atoms with E-state index in [0.717, 1.165) is 10.0 Å². The second-order valence-corrected chi connectivity index (χ2v) is 5.00. The van der Waals surface area contributed by atoms with Crippen molar-refractivity contribution < 1.29 is 33.3 Å². The number of carbonyl (C=O) groups excluding carboxylic acids is 3. The molecule has 0 aromatic carbocycles. The van der Waals surface area contributed by atoms with Crippen LogP contribution in [0.3, 0.4) is 0 Å². The number of esters is 1. The van der Waals surface area contributed by atoms with Gasteiger partial charge in [-0.25, -0.2) is 14.4 Å². The van der Waals surface area contributed by atoms with Crippen molar-refractivity contribution in [2.75, 3.05) is 26.4 Å². The molecule has 0 fully saturated rings. The molecule has 1 heterocycles. The first kappa shape index (κ1) is 20.8. The van der Waals surface area contributed by atoms with Gasteiger partial charge < -0.3 is 18.9 Å². The lowest BCUT2D eigenvalue weighted by molar-refractivity contribution is -0.166. The maximum atomic E-state index is 12.5. The Balaban J connectivity index is 3.38. The van der Waals surface area contributed by atoms with Crippen molar-refractivity contribution in [3.8, 4) is 0 Å². The van der Waals surface area contributed by atoms with Gasteiger partial charge in [-0.1, -0.05) is 0 Å². The molecule has 9 nitrogen and oxygen atoms in total. The molecule has 1 aliphatic heterocycles. The highest BCUT2D eigenvalue weighted by Gasteiger charge is 2.46. The number of rotatable bonds is 6. The molecule has 142 valence electrons. The van der Waals surface area contributed by atoms with Crippen molar-refractivity contribution in [1.82, 2.24) is 10.0 Å². The quantitative estimate of drug-likeness (QED) is 0.407. The number of hydrogen-bond donors (Lipinski definition) is 0. The van der Waals surface area contributed by atoms with Crippen molar-refractivity contribution in [3.05, 3.63) is 11.6 Å². The summed E-state index contributed by atoms with van der Waals surface area (Å²) in [6, 6.07) is -1.15. The van der Waals surface area contributed by atoms with Crippen LogP contribution >= 0.6 is 0 Å². The SMILES string of the molecule is CCOC(=O)[C@@H]1C=C(C)[C@H](OCC)N(C(=O)OCC)N1C(=O)OCC. The first-order valence-electron chi connectivity index (χ1n) is 8.31. The fourth-order valence-electron chi connectivity index (χ4n) is 2.36. The van der Waals surface area contributed by atoms with Crippen LogP contribution in [0, 0.1) is 0 Å². The molecule has 1 rings (SSSR count). The Morgan fingerprint density at radius 1 is 0.880 bits per heavy atom. The number of hydrogen-bond acceptors (Lipinski definition) is 7. The van der Waals surface area contributed by atoms with Gasteiger partial charge in [0.25, 0.3) is 0 Å². The van der Waals surface area contributed by atoms with E-state index in [2.05, 4.69) is 0 Å². The summed E-state index contributed by atoms with van der Waals surface area (Å²) in [6.45, 7) is 8.94. The van der Waals surface area contributed by atoms with Crippen LogP contribution in [0.5, 0.6) is 0 Å². The fraction of sp³-hybridized carbons (Fsp3) is 0.688. The molecule has 0 radical (unpaired) electrons. The topological polar surface area (TPSA) is 94.6 Å². The van der Waals surface area contributed by atoms with E-state index in [-0.39, 0.29) is 26.4 Å². The highest BCUT2D eigenvalue weighted by Crippen LogP contribution is 2.27. The minimum absolute atomic E-state index is 0.0730. The van der Waals surface area contributed by atoms with E-state index in [1.165, 1.54) is 6.08 Å². The van der Waals surface area contributed by atoms with E-state index in [1.54, 1.807) is 34.6 Å². The number of carbonyl (C=O) groups is 3. The predicted molar refractivity (Wildman–Crippen MR) is 87.3 cm³/mol. The molecule has 2 atom stereocenters. The summed E-state index contributed by atoms with van der Waals surface area (Å²) in [7, 11) is 0. The van der Waals surface area contributed by atoms with Crippen molar-refractivity contribution in [1.29, 1.82) is 0 Å². The zero-order valence-electron chi connectivity index (χ0n) is 15.3. The van der Waals surface area contributed by atoms with E-state index in [1.807, 2.05) is 0 Å².